The zero-order valence-electron chi connectivity index (χ0n) is 9.80. The molecule has 0 saturated carbocycles. The first kappa shape index (κ1) is 12.5. The maximum atomic E-state index is 12.5. The van der Waals surface area contributed by atoms with Crippen molar-refractivity contribution in [3.63, 3.8) is 0 Å². The van der Waals surface area contributed by atoms with Crippen LogP contribution in [0.2, 0.25) is 0 Å². The summed E-state index contributed by atoms with van der Waals surface area (Å²) in [5.41, 5.74) is 5.99. The maximum absolute atomic E-state index is 12.5. The molecule has 1 heterocycles. The van der Waals surface area contributed by atoms with E-state index in [-0.39, 0.29) is 11.3 Å². The Bertz CT molecular complexity index is 410. The van der Waals surface area contributed by atoms with E-state index >= 15 is 0 Å². The smallest absolute Gasteiger partial charge is 0.134 e. The molecule has 1 saturated heterocycles. The van der Waals surface area contributed by atoms with Crippen molar-refractivity contribution in [2.75, 3.05) is 20.3 Å². The Balaban J connectivity index is 2.23. The van der Waals surface area contributed by atoms with E-state index in [4.69, 9.17) is 15.2 Å². The summed E-state index contributed by atoms with van der Waals surface area (Å²) in [5, 5.41) is -0.153. The second kappa shape index (κ2) is 5.62. The van der Waals surface area contributed by atoms with Crippen LogP contribution < -0.4 is 10.5 Å². The van der Waals surface area contributed by atoms with Crippen molar-refractivity contribution in [2.24, 2.45) is 5.73 Å². The molecule has 0 aliphatic carbocycles. The molecule has 94 valence electrons. The Labute approximate surface area is 104 Å². The van der Waals surface area contributed by atoms with E-state index in [0.29, 0.717) is 23.9 Å². The minimum atomic E-state index is -1.19. The molecule has 0 amide bonds. The summed E-state index contributed by atoms with van der Waals surface area (Å²) in [4.78, 5) is 0.695. The highest BCUT2D eigenvalue weighted by molar-refractivity contribution is 7.86. The SMILES string of the molecule is COc1ccccc1S(=O)C1COCCC1N. The van der Waals surface area contributed by atoms with E-state index in [1.54, 1.807) is 7.11 Å². The maximum Gasteiger partial charge on any atom is 0.134 e. The first-order valence-corrected chi connectivity index (χ1v) is 6.82. The topological polar surface area (TPSA) is 61.5 Å². The Morgan fingerprint density at radius 3 is 2.94 bits per heavy atom. The van der Waals surface area contributed by atoms with Gasteiger partial charge in [-0.25, -0.2) is 0 Å². The average Bonchev–Trinajstić information content (AvgIpc) is 2.38. The van der Waals surface area contributed by atoms with Gasteiger partial charge >= 0.3 is 0 Å². The van der Waals surface area contributed by atoms with Crippen LogP contribution in [0.3, 0.4) is 0 Å². The third-order valence-electron chi connectivity index (χ3n) is 2.92. The molecule has 2 N–H and O–H groups in total. The van der Waals surface area contributed by atoms with Gasteiger partial charge in [-0.2, -0.15) is 0 Å². The largest absolute Gasteiger partial charge is 0.495 e. The van der Waals surface area contributed by atoms with Gasteiger partial charge in [-0.1, -0.05) is 12.1 Å². The molecule has 17 heavy (non-hydrogen) atoms. The molecule has 4 nitrogen and oxygen atoms in total. The van der Waals surface area contributed by atoms with E-state index in [2.05, 4.69) is 0 Å². The van der Waals surface area contributed by atoms with Gasteiger partial charge in [-0.05, 0) is 18.6 Å². The molecule has 2 rings (SSSR count). The van der Waals surface area contributed by atoms with E-state index in [1.807, 2.05) is 24.3 Å². The minimum absolute atomic E-state index is 0.0745. The van der Waals surface area contributed by atoms with Crippen molar-refractivity contribution in [3.05, 3.63) is 24.3 Å². The molecule has 3 unspecified atom stereocenters. The molecule has 3 atom stereocenters. The summed E-state index contributed by atoms with van der Waals surface area (Å²) >= 11 is 0. The third kappa shape index (κ3) is 2.68. The second-order valence-electron chi connectivity index (χ2n) is 4.01. The van der Waals surface area contributed by atoms with Gasteiger partial charge in [0.05, 0.1) is 34.7 Å². The third-order valence-corrected chi connectivity index (χ3v) is 4.72. The monoisotopic (exact) mass is 255 g/mol. The fraction of sp³-hybridized carbons (Fsp3) is 0.500. The number of para-hydroxylation sites is 1. The first-order valence-electron chi connectivity index (χ1n) is 5.61. The van der Waals surface area contributed by atoms with Crippen molar-refractivity contribution >= 4 is 10.8 Å². The van der Waals surface area contributed by atoms with Crippen molar-refractivity contribution in [1.29, 1.82) is 0 Å². The molecule has 0 aromatic heterocycles. The summed E-state index contributed by atoms with van der Waals surface area (Å²) in [5.74, 6) is 0.642. The molecule has 5 heteroatoms. The zero-order chi connectivity index (χ0) is 12.3. The Kier molecular flexibility index (Phi) is 4.15. The lowest BCUT2D eigenvalue weighted by molar-refractivity contribution is 0.0903. The molecule has 0 bridgehead atoms. The van der Waals surface area contributed by atoms with Crippen LogP contribution >= 0.6 is 0 Å². The number of rotatable bonds is 3. The lowest BCUT2D eigenvalue weighted by Crippen LogP contribution is -2.45. The number of hydrogen-bond donors (Lipinski definition) is 1. The van der Waals surface area contributed by atoms with Crippen molar-refractivity contribution in [1.82, 2.24) is 0 Å². The number of methoxy groups -OCH3 is 1. The van der Waals surface area contributed by atoms with Gasteiger partial charge < -0.3 is 15.2 Å². The molecular formula is C12H17NO3S. The second-order valence-corrected chi connectivity index (χ2v) is 5.65. The van der Waals surface area contributed by atoms with Crippen LogP contribution in [0, 0.1) is 0 Å². The van der Waals surface area contributed by atoms with E-state index < -0.39 is 10.8 Å². The molecule has 1 fully saturated rings. The number of hydrogen-bond acceptors (Lipinski definition) is 4. The highest BCUT2D eigenvalue weighted by atomic mass is 32.2. The van der Waals surface area contributed by atoms with Crippen LogP contribution in [-0.2, 0) is 15.5 Å². The quantitative estimate of drug-likeness (QED) is 0.872. The fourth-order valence-electron chi connectivity index (χ4n) is 1.90. The predicted molar refractivity (Wildman–Crippen MR) is 66.6 cm³/mol. The van der Waals surface area contributed by atoms with Crippen LogP contribution in [0.1, 0.15) is 6.42 Å². The summed E-state index contributed by atoms with van der Waals surface area (Å²) in [7, 11) is 0.390. The van der Waals surface area contributed by atoms with Gasteiger partial charge in [0.25, 0.3) is 0 Å². The summed E-state index contributed by atoms with van der Waals surface area (Å²) in [6, 6.07) is 7.26. The highest BCUT2D eigenvalue weighted by Gasteiger charge is 2.30. The van der Waals surface area contributed by atoms with Gasteiger partial charge in [-0.3, -0.25) is 4.21 Å². The first-order chi connectivity index (χ1) is 8.24. The molecule has 1 aliphatic rings. The van der Waals surface area contributed by atoms with Crippen molar-refractivity contribution in [3.8, 4) is 5.75 Å². The fourth-order valence-corrected chi connectivity index (χ4v) is 3.46. The number of benzene rings is 1. The lowest BCUT2D eigenvalue weighted by Gasteiger charge is -2.28. The Morgan fingerprint density at radius 2 is 2.24 bits per heavy atom. The van der Waals surface area contributed by atoms with Gasteiger partial charge in [0.2, 0.25) is 0 Å². The van der Waals surface area contributed by atoms with Crippen LogP contribution in [0.15, 0.2) is 29.2 Å². The van der Waals surface area contributed by atoms with Gasteiger partial charge in [0, 0.05) is 12.6 Å². The number of nitrogens with two attached hydrogens (primary N) is 1. The molecule has 0 radical (unpaired) electrons. The molecule has 1 aromatic rings. The van der Waals surface area contributed by atoms with Gasteiger partial charge in [-0.15, -0.1) is 0 Å². The van der Waals surface area contributed by atoms with Gasteiger partial charge in [0.1, 0.15) is 5.75 Å². The molecule has 1 aromatic carbocycles. The van der Waals surface area contributed by atoms with Gasteiger partial charge in [0.15, 0.2) is 0 Å². The summed E-state index contributed by atoms with van der Waals surface area (Å²) in [6.45, 7) is 1.10. The van der Waals surface area contributed by atoms with Crippen LogP contribution in [0.25, 0.3) is 0 Å². The van der Waals surface area contributed by atoms with Crippen LogP contribution in [0.4, 0.5) is 0 Å². The van der Waals surface area contributed by atoms with Crippen LogP contribution in [0.5, 0.6) is 5.75 Å². The normalized spacial score (nSPS) is 26.5. The molecule has 1 aliphatic heterocycles. The van der Waals surface area contributed by atoms with Crippen molar-refractivity contribution < 1.29 is 13.7 Å². The lowest BCUT2D eigenvalue weighted by atomic mass is 10.1. The summed E-state index contributed by atoms with van der Waals surface area (Å²) < 4.78 is 23.0. The van der Waals surface area contributed by atoms with Crippen molar-refractivity contribution in [2.45, 2.75) is 22.6 Å². The van der Waals surface area contributed by atoms with E-state index in [9.17, 15) is 4.21 Å². The van der Waals surface area contributed by atoms with E-state index in [1.165, 1.54) is 0 Å². The predicted octanol–water partition coefficient (Wildman–Crippen LogP) is 0.919. The molecule has 0 spiro atoms. The Morgan fingerprint density at radius 1 is 1.47 bits per heavy atom. The molecular weight excluding hydrogens is 238 g/mol. The zero-order valence-corrected chi connectivity index (χ0v) is 10.6. The Hall–Kier alpha value is -0.910. The summed E-state index contributed by atoms with van der Waals surface area (Å²) in [6.07, 6.45) is 0.756. The minimum Gasteiger partial charge on any atom is -0.495 e. The standard InChI is InChI=1S/C12H17NO3S/c1-15-10-4-2-3-5-11(10)17(14)12-8-16-7-6-9(12)13/h2-5,9,12H,6-8,13H2,1H3. The van der Waals surface area contributed by atoms with Crippen LogP contribution in [-0.4, -0.2) is 35.8 Å². The highest BCUT2D eigenvalue weighted by Crippen LogP contribution is 2.26. The van der Waals surface area contributed by atoms with E-state index in [0.717, 1.165) is 6.42 Å². The number of ether oxygens (including phenoxy) is 2. The average molecular weight is 255 g/mol.